The molecule has 0 saturated carbocycles. The molecule has 0 aliphatic carbocycles. The third-order valence-corrected chi connectivity index (χ3v) is 2.71. The molecule has 0 spiro atoms. The zero-order chi connectivity index (χ0) is 13.0. The minimum absolute atomic E-state index is 0.0426. The molecule has 0 bridgehead atoms. The summed E-state index contributed by atoms with van der Waals surface area (Å²) in [4.78, 5) is 10.4. The highest BCUT2D eigenvalue weighted by atomic mass is 16.6. The van der Waals surface area contributed by atoms with Gasteiger partial charge in [-0.2, -0.15) is 0 Å². The standard InChI is InChI=1S/C12H18N2O3/c1-8(2)11(15)7-13-12-9(3)5-4-6-10(12)14(16)17/h4-6,8,11,13,15H,7H2,1-3H3. The summed E-state index contributed by atoms with van der Waals surface area (Å²) in [6, 6.07) is 4.91. The maximum absolute atomic E-state index is 10.9. The second-order valence-electron chi connectivity index (χ2n) is 4.42. The van der Waals surface area contributed by atoms with Crippen LogP contribution in [0.4, 0.5) is 11.4 Å². The molecule has 5 nitrogen and oxygen atoms in total. The number of nitrogens with zero attached hydrogens (tertiary/aromatic N) is 1. The van der Waals surface area contributed by atoms with Crippen LogP contribution in [0.3, 0.4) is 0 Å². The fourth-order valence-electron chi connectivity index (χ4n) is 1.48. The highest BCUT2D eigenvalue weighted by Gasteiger charge is 2.17. The predicted molar refractivity (Wildman–Crippen MR) is 67.2 cm³/mol. The van der Waals surface area contributed by atoms with E-state index >= 15 is 0 Å². The molecule has 0 heterocycles. The monoisotopic (exact) mass is 238 g/mol. The van der Waals surface area contributed by atoms with Crippen molar-refractivity contribution in [3.8, 4) is 0 Å². The molecule has 1 rings (SSSR count). The zero-order valence-electron chi connectivity index (χ0n) is 10.3. The van der Waals surface area contributed by atoms with E-state index in [0.717, 1.165) is 5.56 Å². The van der Waals surface area contributed by atoms with Gasteiger partial charge in [-0.3, -0.25) is 10.1 Å². The molecule has 0 aromatic heterocycles. The van der Waals surface area contributed by atoms with E-state index in [2.05, 4.69) is 5.32 Å². The molecular weight excluding hydrogens is 220 g/mol. The zero-order valence-corrected chi connectivity index (χ0v) is 10.3. The Hall–Kier alpha value is -1.62. The molecule has 1 aromatic rings. The van der Waals surface area contributed by atoms with Crippen LogP contribution in [0.15, 0.2) is 18.2 Å². The molecule has 0 saturated heterocycles. The summed E-state index contributed by atoms with van der Waals surface area (Å²) in [5.74, 6) is 0.116. The van der Waals surface area contributed by atoms with Crippen molar-refractivity contribution < 1.29 is 10.0 Å². The molecule has 1 unspecified atom stereocenters. The Morgan fingerprint density at radius 2 is 2.12 bits per heavy atom. The molecule has 2 N–H and O–H groups in total. The molecule has 1 atom stereocenters. The van der Waals surface area contributed by atoms with E-state index in [9.17, 15) is 15.2 Å². The molecule has 0 fully saturated rings. The lowest BCUT2D eigenvalue weighted by molar-refractivity contribution is -0.384. The number of anilines is 1. The second kappa shape index (κ2) is 5.63. The van der Waals surface area contributed by atoms with Crippen LogP contribution in [0.2, 0.25) is 0 Å². The van der Waals surface area contributed by atoms with Crippen molar-refractivity contribution in [2.45, 2.75) is 26.9 Å². The van der Waals surface area contributed by atoms with E-state index in [1.807, 2.05) is 13.8 Å². The highest BCUT2D eigenvalue weighted by molar-refractivity contribution is 5.65. The normalized spacial score (nSPS) is 12.5. The number of hydrogen-bond donors (Lipinski definition) is 2. The summed E-state index contributed by atoms with van der Waals surface area (Å²) in [5.41, 5.74) is 1.33. The molecular formula is C12H18N2O3. The van der Waals surface area contributed by atoms with Crippen molar-refractivity contribution in [3.05, 3.63) is 33.9 Å². The van der Waals surface area contributed by atoms with Crippen LogP contribution in [0.25, 0.3) is 0 Å². The highest BCUT2D eigenvalue weighted by Crippen LogP contribution is 2.27. The molecule has 0 radical (unpaired) electrons. The SMILES string of the molecule is Cc1cccc([N+](=O)[O-])c1NCC(O)C(C)C. The first kappa shape index (κ1) is 13.4. The maximum atomic E-state index is 10.9. The van der Waals surface area contributed by atoms with Gasteiger partial charge in [-0.15, -0.1) is 0 Å². The Kier molecular flexibility index (Phi) is 4.45. The molecule has 5 heteroatoms. The Bertz CT molecular complexity index is 405. The minimum Gasteiger partial charge on any atom is -0.391 e. The Morgan fingerprint density at radius 3 is 2.65 bits per heavy atom. The average molecular weight is 238 g/mol. The van der Waals surface area contributed by atoms with Gasteiger partial charge in [0.15, 0.2) is 0 Å². The number of nitrogens with one attached hydrogen (secondary N) is 1. The molecule has 1 aromatic carbocycles. The molecule has 94 valence electrons. The summed E-state index contributed by atoms with van der Waals surface area (Å²) in [6.07, 6.45) is -0.519. The van der Waals surface area contributed by atoms with Gasteiger partial charge in [0.1, 0.15) is 5.69 Å². The van der Waals surface area contributed by atoms with E-state index in [1.54, 1.807) is 19.1 Å². The van der Waals surface area contributed by atoms with Crippen molar-refractivity contribution in [2.75, 3.05) is 11.9 Å². The van der Waals surface area contributed by atoms with Crippen LogP contribution < -0.4 is 5.32 Å². The van der Waals surface area contributed by atoms with Gasteiger partial charge >= 0.3 is 0 Å². The number of nitro benzene ring substituents is 1. The lowest BCUT2D eigenvalue weighted by Gasteiger charge is -2.16. The number of nitro groups is 1. The largest absolute Gasteiger partial charge is 0.391 e. The summed E-state index contributed by atoms with van der Waals surface area (Å²) in [7, 11) is 0. The van der Waals surface area contributed by atoms with Crippen molar-refractivity contribution in [3.63, 3.8) is 0 Å². The minimum atomic E-state index is -0.519. The van der Waals surface area contributed by atoms with Gasteiger partial charge in [-0.25, -0.2) is 0 Å². The smallest absolute Gasteiger partial charge is 0.292 e. The van der Waals surface area contributed by atoms with Gasteiger partial charge in [0.2, 0.25) is 0 Å². The number of aryl methyl sites for hydroxylation is 1. The van der Waals surface area contributed by atoms with Crippen molar-refractivity contribution in [1.29, 1.82) is 0 Å². The summed E-state index contributed by atoms with van der Waals surface area (Å²) in [5, 5.41) is 23.5. The van der Waals surface area contributed by atoms with E-state index in [1.165, 1.54) is 6.07 Å². The number of aliphatic hydroxyl groups excluding tert-OH is 1. The fraction of sp³-hybridized carbons (Fsp3) is 0.500. The van der Waals surface area contributed by atoms with Crippen molar-refractivity contribution >= 4 is 11.4 Å². The maximum Gasteiger partial charge on any atom is 0.292 e. The van der Waals surface area contributed by atoms with Gasteiger partial charge < -0.3 is 10.4 Å². The van der Waals surface area contributed by atoms with E-state index in [0.29, 0.717) is 12.2 Å². The summed E-state index contributed by atoms with van der Waals surface area (Å²) >= 11 is 0. The Morgan fingerprint density at radius 1 is 1.47 bits per heavy atom. The van der Waals surface area contributed by atoms with Crippen LogP contribution in [-0.2, 0) is 0 Å². The van der Waals surface area contributed by atoms with Gasteiger partial charge in [-0.05, 0) is 18.4 Å². The van der Waals surface area contributed by atoms with Gasteiger partial charge in [-0.1, -0.05) is 26.0 Å². The number of para-hydroxylation sites is 1. The third kappa shape index (κ3) is 3.42. The lowest BCUT2D eigenvalue weighted by Crippen LogP contribution is -2.25. The number of aliphatic hydroxyl groups is 1. The van der Waals surface area contributed by atoms with E-state index < -0.39 is 11.0 Å². The topological polar surface area (TPSA) is 75.4 Å². The van der Waals surface area contributed by atoms with Crippen LogP contribution >= 0.6 is 0 Å². The van der Waals surface area contributed by atoms with Crippen molar-refractivity contribution in [2.24, 2.45) is 5.92 Å². The van der Waals surface area contributed by atoms with Crippen LogP contribution in [0.5, 0.6) is 0 Å². The van der Waals surface area contributed by atoms with Gasteiger partial charge in [0.05, 0.1) is 11.0 Å². The van der Waals surface area contributed by atoms with Crippen molar-refractivity contribution in [1.82, 2.24) is 0 Å². The first-order valence-corrected chi connectivity index (χ1v) is 5.59. The number of rotatable bonds is 5. The molecule has 17 heavy (non-hydrogen) atoms. The number of benzene rings is 1. The van der Waals surface area contributed by atoms with Crippen LogP contribution in [-0.4, -0.2) is 22.7 Å². The van der Waals surface area contributed by atoms with Gasteiger partial charge in [0, 0.05) is 12.6 Å². The molecule has 0 aliphatic heterocycles. The summed E-state index contributed by atoms with van der Waals surface area (Å²) < 4.78 is 0. The predicted octanol–water partition coefficient (Wildman–Crippen LogP) is 2.33. The third-order valence-electron chi connectivity index (χ3n) is 2.71. The Balaban J connectivity index is 2.86. The van der Waals surface area contributed by atoms with E-state index in [4.69, 9.17) is 0 Å². The lowest BCUT2D eigenvalue weighted by atomic mass is 10.1. The molecule has 0 aliphatic rings. The second-order valence-corrected chi connectivity index (χ2v) is 4.42. The first-order valence-electron chi connectivity index (χ1n) is 5.59. The van der Waals surface area contributed by atoms with Crippen LogP contribution in [0, 0.1) is 23.0 Å². The average Bonchev–Trinajstić information content (AvgIpc) is 2.26. The first-order chi connectivity index (χ1) is 7.93. The van der Waals surface area contributed by atoms with Crippen LogP contribution in [0.1, 0.15) is 19.4 Å². The fourth-order valence-corrected chi connectivity index (χ4v) is 1.48. The molecule has 0 amide bonds. The summed E-state index contributed by atoms with van der Waals surface area (Å²) in [6.45, 7) is 5.91. The quantitative estimate of drug-likeness (QED) is 0.609. The Labute approximate surface area is 101 Å². The van der Waals surface area contributed by atoms with E-state index in [-0.39, 0.29) is 11.6 Å². The van der Waals surface area contributed by atoms with Gasteiger partial charge in [0.25, 0.3) is 5.69 Å². The number of hydrogen-bond acceptors (Lipinski definition) is 4.